The van der Waals surface area contributed by atoms with Gasteiger partial charge in [0, 0.05) is 10.9 Å². The number of aromatic amines is 1. The summed E-state index contributed by atoms with van der Waals surface area (Å²) in [5, 5.41) is 4.16. The Kier molecular flexibility index (Phi) is 3.05. The van der Waals surface area contributed by atoms with Crippen LogP contribution >= 0.6 is 11.3 Å². The van der Waals surface area contributed by atoms with Gasteiger partial charge in [-0.05, 0) is 26.0 Å². The normalized spacial score (nSPS) is 12.2. The third-order valence-electron chi connectivity index (χ3n) is 3.58. The number of aryl methyl sites for hydroxylation is 2. The van der Waals surface area contributed by atoms with Crippen molar-refractivity contribution in [3.8, 4) is 0 Å². The van der Waals surface area contributed by atoms with E-state index < -0.39 is 15.8 Å². The Bertz CT molecular complexity index is 1240. The van der Waals surface area contributed by atoms with E-state index in [1.165, 1.54) is 29.5 Å². The van der Waals surface area contributed by atoms with Gasteiger partial charge in [-0.15, -0.1) is 5.10 Å². The van der Waals surface area contributed by atoms with Crippen LogP contribution in [0.15, 0.2) is 32.3 Å². The number of hydrogen-bond acceptors (Lipinski definition) is 7. The van der Waals surface area contributed by atoms with Crippen molar-refractivity contribution in [2.75, 3.05) is 4.72 Å². The van der Waals surface area contributed by atoms with E-state index in [-0.39, 0.29) is 16.4 Å². The lowest BCUT2D eigenvalue weighted by molar-refractivity contribution is 0.554. The van der Waals surface area contributed by atoms with Gasteiger partial charge in [0.25, 0.3) is 16.0 Å². The standard InChI is InChI=1S/C13H11N5O4S2/c1-6-7(2)23-12-15-11(16-18(6)12)17-24(20,21)8-3-4-9-10(5-8)22-13(19)14-9/h3-5H,1-2H3,(H,14,19)(H,16,17). The average Bonchev–Trinajstić information content (AvgIpc) is 3.13. The molecular weight excluding hydrogens is 354 g/mol. The molecule has 0 saturated heterocycles. The maximum atomic E-state index is 12.5. The number of H-pyrrole nitrogens is 1. The Morgan fingerprint density at radius 1 is 1.33 bits per heavy atom. The molecule has 0 aliphatic carbocycles. The molecule has 0 radical (unpaired) electrons. The molecule has 0 bridgehead atoms. The van der Waals surface area contributed by atoms with Crippen LogP contribution in [0.2, 0.25) is 0 Å². The number of fused-ring (bicyclic) bond motifs is 2. The first-order valence-electron chi connectivity index (χ1n) is 6.82. The maximum absolute atomic E-state index is 12.5. The van der Waals surface area contributed by atoms with E-state index in [1.807, 2.05) is 13.8 Å². The van der Waals surface area contributed by atoms with Gasteiger partial charge in [-0.25, -0.2) is 22.4 Å². The third-order valence-corrected chi connectivity index (χ3v) is 5.95. The lowest BCUT2D eigenvalue weighted by Crippen LogP contribution is -2.14. The Morgan fingerprint density at radius 3 is 2.88 bits per heavy atom. The van der Waals surface area contributed by atoms with Gasteiger partial charge in [0.1, 0.15) is 0 Å². The van der Waals surface area contributed by atoms with Crippen molar-refractivity contribution in [1.82, 2.24) is 19.6 Å². The van der Waals surface area contributed by atoms with E-state index in [2.05, 4.69) is 19.8 Å². The Morgan fingerprint density at radius 2 is 2.12 bits per heavy atom. The number of rotatable bonds is 3. The minimum Gasteiger partial charge on any atom is -0.408 e. The number of nitrogens with one attached hydrogen (secondary N) is 2. The van der Waals surface area contributed by atoms with E-state index in [0.29, 0.717) is 10.5 Å². The zero-order valence-corrected chi connectivity index (χ0v) is 14.2. The second kappa shape index (κ2) is 4.92. The van der Waals surface area contributed by atoms with Crippen LogP contribution in [0.25, 0.3) is 16.1 Å². The van der Waals surface area contributed by atoms with Gasteiger partial charge in [0.2, 0.25) is 4.96 Å². The van der Waals surface area contributed by atoms with E-state index in [1.54, 1.807) is 4.52 Å². The molecule has 0 unspecified atom stereocenters. The van der Waals surface area contributed by atoms with Gasteiger partial charge in [-0.1, -0.05) is 11.3 Å². The van der Waals surface area contributed by atoms with E-state index in [9.17, 15) is 13.2 Å². The Labute approximate surface area is 139 Å². The topological polar surface area (TPSA) is 122 Å². The average molecular weight is 365 g/mol. The quantitative estimate of drug-likeness (QED) is 0.569. The number of hydrogen-bond donors (Lipinski definition) is 2. The smallest absolute Gasteiger partial charge is 0.408 e. The molecule has 0 atom stereocenters. The van der Waals surface area contributed by atoms with Crippen LogP contribution < -0.4 is 10.5 Å². The highest BCUT2D eigenvalue weighted by Crippen LogP contribution is 2.23. The molecular formula is C13H11N5O4S2. The van der Waals surface area contributed by atoms with Crippen molar-refractivity contribution in [2.45, 2.75) is 18.7 Å². The van der Waals surface area contributed by atoms with E-state index >= 15 is 0 Å². The molecule has 0 amide bonds. The summed E-state index contributed by atoms with van der Waals surface area (Å²) in [5.74, 6) is -0.658. The van der Waals surface area contributed by atoms with Crippen LogP contribution in [-0.2, 0) is 10.0 Å². The van der Waals surface area contributed by atoms with Crippen molar-refractivity contribution < 1.29 is 12.8 Å². The molecule has 3 heterocycles. The van der Waals surface area contributed by atoms with Crippen molar-refractivity contribution >= 4 is 43.4 Å². The number of sulfonamides is 1. The fourth-order valence-electron chi connectivity index (χ4n) is 2.26. The summed E-state index contributed by atoms with van der Waals surface area (Å²) in [7, 11) is -3.90. The Hall–Kier alpha value is -2.66. The molecule has 124 valence electrons. The minimum atomic E-state index is -3.90. The molecule has 0 fully saturated rings. The fourth-order valence-corrected chi connectivity index (χ4v) is 4.12. The molecule has 11 heteroatoms. The molecule has 4 rings (SSSR count). The van der Waals surface area contributed by atoms with Gasteiger partial charge in [0.05, 0.1) is 16.1 Å². The van der Waals surface area contributed by atoms with E-state index in [4.69, 9.17) is 4.42 Å². The molecule has 24 heavy (non-hydrogen) atoms. The van der Waals surface area contributed by atoms with Crippen molar-refractivity contribution in [2.24, 2.45) is 0 Å². The summed E-state index contributed by atoms with van der Waals surface area (Å²) in [6, 6.07) is 4.09. The molecule has 0 spiro atoms. The van der Waals surface area contributed by atoms with Gasteiger partial charge in [0.15, 0.2) is 5.58 Å². The zero-order chi connectivity index (χ0) is 17.1. The minimum absolute atomic E-state index is 0.0139. The summed E-state index contributed by atoms with van der Waals surface area (Å²) in [6.45, 7) is 3.83. The molecule has 0 aliphatic heterocycles. The predicted octanol–water partition coefficient (Wildman–Crippen LogP) is 1.64. The molecule has 0 saturated carbocycles. The predicted molar refractivity (Wildman–Crippen MR) is 88.0 cm³/mol. The monoisotopic (exact) mass is 365 g/mol. The molecule has 3 aromatic heterocycles. The van der Waals surface area contributed by atoms with Crippen LogP contribution in [0.1, 0.15) is 10.6 Å². The number of aromatic nitrogens is 4. The SMILES string of the molecule is Cc1sc2nc(NS(=O)(=O)c3ccc4[nH]c(=O)oc4c3)nn2c1C. The second-order valence-corrected chi connectivity index (χ2v) is 8.02. The first kappa shape index (κ1) is 14.9. The zero-order valence-electron chi connectivity index (χ0n) is 12.5. The molecule has 1 aromatic carbocycles. The Balaban J connectivity index is 1.73. The van der Waals surface area contributed by atoms with Gasteiger partial charge in [-0.2, -0.15) is 4.98 Å². The van der Waals surface area contributed by atoms with Crippen molar-refractivity contribution in [1.29, 1.82) is 0 Å². The third kappa shape index (κ3) is 2.29. The highest BCUT2D eigenvalue weighted by atomic mass is 32.2. The molecule has 4 aromatic rings. The van der Waals surface area contributed by atoms with Crippen LogP contribution in [0, 0.1) is 13.8 Å². The number of anilines is 1. The van der Waals surface area contributed by atoms with Gasteiger partial charge >= 0.3 is 5.76 Å². The number of thiazole rings is 1. The fraction of sp³-hybridized carbons (Fsp3) is 0.154. The first-order chi connectivity index (χ1) is 11.3. The van der Waals surface area contributed by atoms with Crippen LogP contribution in [0.4, 0.5) is 5.95 Å². The van der Waals surface area contributed by atoms with Crippen molar-refractivity contribution in [3.05, 3.63) is 39.3 Å². The van der Waals surface area contributed by atoms with Crippen LogP contribution in [-0.4, -0.2) is 28.0 Å². The first-order valence-corrected chi connectivity index (χ1v) is 9.12. The lowest BCUT2D eigenvalue weighted by Gasteiger charge is -2.03. The summed E-state index contributed by atoms with van der Waals surface area (Å²) in [6.07, 6.45) is 0. The van der Waals surface area contributed by atoms with Gasteiger partial charge < -0.3 is 4.42 Å². The van der Waals surface area contributed by atoms with Crippen LogP contribution in [0.3, 0.4) is 0 Å². The summed E-state index contributed by atoms with van der Waals surface area (Å²) >= 11 is 1.43. The number of benzene rings is 1. The lowest BCUT2D eigenvalue weighted by atomic mass is 10.3. The molecule has 2 N–H and O–H groups in total. The summed E-state index contributed by atoms with van der Waals surface area (Å²) in [5.41, 5.74) is 1.49. The highest BCUT2D eigenvalue weighted by Gasteiger charge is 2.19. The number of nitrogens with zero attached hydrogens (tertiary/aromatic N) is 3. The summed E-state index contributed by atoms with van der Waals surface area (Å²) in [4.78, 5) is 19.4. The second-order valence-electron chi connectivity index (χ2n) is 5.15. The van der Waals surface area contributed by atoms with Gasteiger partial charge in [-0.3, -0.25) is 4.98 Å². The van der Waals surface area contributed by atoms with E-state index in [0.717, 1.165) is 10.6 Å². The van der Waals surface area contributed by atoms with Crippen molar-refractivity contribution in [3.63, 3.8) is 0 Å². The highest BCUT2D eigenvalue weighted by molar-refractivity contribution is 7.92. The largest absolute Gasteiger partial charge is 0.417 e. The molecule has 0 aliphatic rings. The maximum Gasteiger partial charge on any atom is 0.417 e. The number of oxazole rings is 1. The summed E-state index contributed by atoms with van der Waals surface area (Å²) < 4.78 is 33.8. The van der Waals surface area contributed by atoms with Crippen LogP contribution in [0.5, 0.6) is 0 Å². The molecule has 9 nitrogen and oxygen atoms in total.